The van der Waals surface area contributed by atoms with Crippen LogP contribution in [0, 0.1) is 6.92 Å². The Hall–Kier alpha value is -2.73. The summed E-state index contributed by atoms with van der Waals surface area (Å²) in [4.78, 5) is 30.2. The summed E-state index contributed by atoms with van der Waals surface area (Å²) in [5, 5.41) is 12.5. The smallest absolute Gasteiger partial charge is 0.251 e. The zero-order valence-corrected chi connectivity index (χ0v) is 15.0. The zero-order valence-electron chi connectivity index (χ0n) is 15.0. The van der Waals surface area contributed by atoms with Crippen molar-refractivity contribution in [1.82, 2.24) is 10.3 Å². The molecule has 1 aliphatic rings. The van der Waals surface area contributed by atoms with Crippen molar-refractivity contribution in [2.24, 2.45) is 0 Å². The molecule has 6 nitrogen and oxygen atoms in total. The molecule has 1 atom stereocenters. The molecule has 0 saturated carbocycles. The number of nitrogens with one attached hydrogen (secondary N) is 1. The topological polar surface area (TPSA) is 82.5 Å². The summed E-state index contributed by atoms with van der Waals surface area (Å²) in [6.45, 7) is 4.58. The van der Waals surface area contributed by atoms with E-state index in [1.165, 1.54) is 0 Å². The Balaban J connectivity index is 1.61. The Bertz CT molecular complexity index is 816. The van der Waals surface area contributed by atoms with Gasteiger partial charge < -0.3 is 15.3 Å². The van der Waals surface area contributed by atoms with E-state index in [1.807, 2.05) is 13.0 Å². The van der Waals surface area contributed by atoms with Crippen molar-refractivity contribution in [3.8, 4) is 0 Å². The van der Waals surface area contributed by atoms with Gasteiger partial charge in [-0.05, 0) is 50.6 Å². The first kappa shape index (κ1) is 18.1. The van der Waals surface area contributed by atoms with Crippen molar-refractivity contribution < 1.29 is 14.7 Å². The number of amides is 2. The van der Waals surface area contributed by atoms with Crippen molar-refractivity contribution in [3.63, 3.8) is 0 Å². The predicted octanol–water partition coefficient (Wildman–Crippen LogP) is 2.50. The van der Waals surface area contributed by atoms with E-state index in [0.29, 0.717) is 18.5 Å². The molecule has 0 bridgehead atoms. The number of hydrogen-bond acceptors (Lipinski definition) is 4. The van der Waals surface area contributed by atoms with Gasteiger partial charge in [-0.15, -0.1) is 0 Å². The lowest BCUT2D eigenvalue weighted by Gasteiger charge is -2.16. The van der Waals surface area contributed by atoms with Crippen LogP contribution < -0.4 is 10.2 Å². The maximum absolute atomic E-state index is 12.3. The molecule has 1 aliphatic heterocycles. The number of rotatable bonds is 5. The highest BCUT2D eigenvalue weighted by Gasteiger charge is 2.21. The minimum atomic E-state index is -0.563. The van der Waals surface area contributed by atoms with Gasteiger partial charge in [0.1, 0.15) is 0 Å². The van der Waals surface area contributed by atoms with Crippen LogP contribution in [0.25, 0.3) is 0 Å². The summed E-state index contributed by atoms with van der Waals surface area (Å²) in [5.74, 6) is -0.0624. The Morgan fingerprint density at radius 1 is 1.27 bits per heavy atom. The predicted molar refractivity (Wildman–Crippen MR) is 98.8 cm³/mol. The van der Waals surface area contributed by atoms with Crippen molar-refractivity contribution in [2.45, 2.75) is 39.3 Å². The molecule has 1 unspecified atom stereocenters. The summed E-state index contributed by atoms with van der Waals surface area (Å²) in [6.07, 6.45) is 0.899. The van der Waals surface area contributed by atoms with Crippen molar-refractivity contribution in [1.29, 1.82) is 0 Å². The van der Waals surface area contributed by atoms with Crippen molar-refractivity contribution >= 4 is 17.5 Å². The molecule has 2 N–H and O–H groups in total. The lowest BCUT2D eigenvalue weighted by atomic mass is 10.1. The average molecular weight is 353 g/mol. The number of carbonyl (C=O) groups excluding carboxylic acids is 2. The highest BCUT2D eigenvalue weighted by molar-refractivity contribution is 5.97. The van der Waals surface area contributed by atoms with Gasteiger partial charge in [0.05, 0.1) is 18.3 Å². The fourth-order valence-electron chi connectivity index (χ4n) is 3.15. The maximum Gasteiger partial charge on any atom is 0.251 e. The minimum Gasteiger partial charge on any atom is -0.389 e. The third kappa shape index (κ3) is 3.91. The zero-order chi connectivity index (χ0) is 18.7. The number of pyridine rings is 1. The van der Waals surface area contributed by atoms with E-state index in [4.69, 9.17) is 0 Å². The number of aryl methyl sites for hydroxylation is 1. The molecule has 2 amide bonds. The van der Waals surface area contributed by atoms with Crippen LogP contribution >= 0.6 is 0 Å². The lowest BCUT2D eigenvalue weighted by Crippen LogP contribution is -2.25. The molecule has 136 valence electrons. The molecule has 0 aliphatic carbocycles. The summed E-state index contributed by atoms with van der Waals surface area (Å²) in [7, 11) is 0. The first-order chi connectivity index (χ1) is 12.5. The second-order valence-electron chi connectivity index (χ2n) is 6.53. The molecular formula is C20H23N3O3. The third-order valence-corrected chi connectivity index (χ3v) is 4.58. The lowest BCUT2D eigenvalue weighted by molar-refractivity contribution is -0.117. The third-order valence-electron chi connectivity index (χ3n) is 4.58. The number of aromatic nitrogens is 1. The maximum atomic E-state index is 12.3. The molecule has 26 heavy (non-hydrogen) atoms. The number of nitrogens with zero attached hydrogens (tertiary/aromatic N) is 2. The molecule has 1 saturated heterocycles. The molecule has 6 heteroatoms. The van der Waals surface area contributed by atoms with E-state index in [9.17, 15) is 14.7 Å². The monoisotopic (exact) mass is 353 g/mol. The van der Waals surface area contributed by atoms with E-state index in [2.05, 4.69) is 10.3 Å². The van der Waals surface area contributed by atoms with E-state index >= 15 is 0 Å². The highest BCUT2D eigenvalue weighted by Crippen LogP contribution is 2.21. The standard InChI is InChI=1S/C20H23N3O3/c1-13-18(14(2)24)10-7-16(22-13)12-21-20(26)15-5-8-17(9-6-15)23-11-3-4-19(23)25/h5-10,14,24H,3-4,11-12H2,1-2H3,(H,21,26). The Labute approximate surface area is 152 Å². The van der Waals surface area contributed by atoms with Crippen LogP contribution in [-0.2, 0) is 11.3 Å². The highest BCUT2D eigenvalue weighted by atomic mass is 16.3. The number of benzene rings is 1. The van der Waals surface area contributed by atoms with Crippen LogP contribution in [0.2, 0.25) is 0 Å². The fourth-order valence-corrected chi connectivity index (χ4v) is 3.15. The first-order valence-corrected chi connectivity index (χ1v) is 8.79. The molecule has 0 radical (unpaired) electrons. The van der Waals surface area contributed by atoms with Gasteiger partial charge in [0.15, 0.2) is 0 Å². The Morgan fingerprint density at radius 2 is 2.00 bits per heavy atom. The average Bonchev–Trinajstić information content (AvgIpc) is 3.05. The molecule has 1 aromatic carbocycles. The summed E-state index contributed by atoms with van der Waals surface area (Å²) < 4.78 is 0. The molecule has 2 heterocycles. The van der Waals surface area contributed by atoms with Crippen LogP contribution in [-0.4, -0.2) is 28.4 Å². The minimum absolute atomic E-state index is 0.129. The second-order valence-corrected chi connectivity index (χ2v) is 6.53. The normalized spacial score (nSPS) is 15.2. The Kier molecular flexibility index (Phi) is 5.32. The largest absolute Gasteiger partial charge is 0.389 e. The molecule has 0 spiro atoms. The van der Waals surface area contributed by atoms with E-state index < -0.39 is 6.10 Å². The number of aliphatic hydroxyl groups is 1. The van der Waals surface area contributed by atoms with Gasteiger partial charge in [-0.2, -0.15) is 0 Å². The number of carbonyl (C=O) groups is 2. The van der Waals surface area contributed by atoms with Crippen LogP contribution in [0.1, 0.15) is 53.2 Å². The molecule has 3 rings (SSSR count). The number of anilines is 1. The van der Waals surface area contributed by atoms with Crippen LogP contribution in [0.3, 0.4) is 0 Å². The van der Waals surface area contributed by atoms with Gasteiger partial charge in [-0.25, -0.2) is 0 Å². The molecule has 2 aromatic rings. The number of aliphatic hydroxyl groups excluding tert-OH is 1. The van der Waals surface area contributed by atoms with E-state index in [-0.39, 0.29) is 11.8 Å². The van der Waals surface area contributed by atoms with E-state index in [1.54, 1.807) is 42.2 Å². The molecule has 1 aromatic heterocycles. The fraction of sp³-hybridized carbons (Fsp3) is 0.350. The quantitative estimate of drug-likeness (QED) is 0.865. The van der Waals surface area contributed by atoms with Crippen LogP contribution in [0.15, 0.2) is 36.4 Å². The number of hydrogen-bond donors (Lipinski definition) is 2. The van der Waals surface area contributed by atoms with Gasteiger partial charge >= 0.3 is 0 Å². The second kappa shape index (κ2) is 7.66. The summed E-state index contributed by atoms with van der Waals surface area (Å²) in [5.41, 5.74) is 3.64. The van der Waals surface area contributed by atoms with Gasteiger partial charge in [0, 0.05) is 35.5 Å². The van der Waals surface area contributed by atoms with Gasteiger partial charge in [-0.1, -0.05) is 6.07 Å². The molecule has 1 fully saturated rings. The molecular weight excluding hydrogens is 330 g/mol. The first-order valence-electron chi connectivity index (χ1n) is 8.79. The summed E-state index contributed by atoms with van der Waals surface area (Å²) in [6, 6.07) is 10.7. The SMILES string of the molecule is Cc1nc(CNC(=O)c2ccc(N3CCCC3=O)cc2)ccc1C(C)O. The van der Waals surface area contributed by atoms with Gasteiger partial charge in [0.2, 0.25) is 5.91 Å². The van der Waals surface area contributed by atoms with Crippen LogP contribution in [0.4, 0.5) is 5.69 Å². The Morgan fingerprint density at radius 3 is 2.58 bits per heavy atom. The van der Waals surface area contributed by atoms with Crippen molar-refractivity contribution in [2.75, 3.05) is 11.4 Å². The summed E-state index contributed by atoms with van der Waals surface area (Å²) >= 11 is 0. The van der Waals surface area contributed by atoms with E-state index in [0.717, 1.165) is 35.6 Å². The van der Waals surface area contributed by atoms with Crippen LogP contribution in [0.5, 0.6) is 0 Å². The van der Waals surface area contributed by atoms with Gasteiger partial charge in [-0.3, -0.25) is 14.6 Å². The van der Waals surface area contributed by atoms with Crippen molar-refractivity contribution in [3.05, 3.63) is 58.9 Å². The van der Waals surface area contributed by atoms with Gasteiger partial charge in [0.25, 0.3) is 5.91 Å².